The van der Waals surface area contributed by atoms with Crippen molar-refractivity contribution in [1.82, 2.24) is 0 Å². The second-order valence-corrected chi connectivity index (χ2v) is 4.39. The molecule has 5 heteroatoms. The third kappa shape index (κ3) is 15.4. The van der Waals surface area contributed by atoms with Crippen molar-refractivity contribution in [3.05, 3.63) is 0 Å². The molecule has 0 fully saturated rings. The fourth-order valence-corrected chi connectivity index (χ4v) is 1.64. The van der Waals surface area contributed by atoms with Crippen LogP contribution in [0.15, 0.2) is 0 Å². The first-order valence-electron chi connectivity index (χ1n) is 7.70. The number of unbranched alkanes of at least 4 members (excludes halogenated alkanes) is 3. The van der Waals surface area contributed by atoms with Crippen LogP contribution in [-0.2, 0) is 23.7 Å². The SMILES string of the molecule is CCOCCOCCOCCCCCCC(=O)OCC. The first-order valence-corrected chi connectivity index (χ1v) is 7.70. The Morgan fingerprint density at radius 2 is 1.30 bits per heavy atom. The second-order valence-electron chi connectivity index (χ2n) is 4.39. The maximum absolute atomic E-state index is 11.1. The standard InChI is InChI=1S/C15H30O5/c1-3-17-11-12-19-14-13-18-10-8-6-5-7-9-15(16)20-4-2/h3-14H2,1-2H3. The largest absolute Gasteiger partial charge is 0.466 e. The average molecular weight is 290 g/mol. The number of carbonyl (C=O) groups is 1. The van der Waals surface area contributed by atoms with Crippen molar-refractivity contribution in [2.24, 2.45) is 0 Å². The molecule has 0 saturated carbocycles. The zero-order chi connectivity index (χ0) is 14.9. The normalized spacial score (nSPS) is 10.7. The molecule has 0 aliphatic rings. The van der Waals surface area contributed by atoms with Crippen molar-refractivity contribution in [2.75, 3.05) is 46.2 Å². The second kappa shape index (κ2) is 16.4. The van der Waals surface area contributed by atoms with Gasteiger partial charge in [0.2, 0.25) is 0 Å². The number of hydrogen-bond acceptors (Lipinski definition) is 5. The number of hydrogen-bond donors (Lipinski definition) is 0. The van der Waals surface area contributed by atoms with Gasteiger partial charge in [-0.15, -0.1) is 0 Å². The minimum atomic E-state index is -0.0899. The lowest BCUT2D eigenvalue weighted by Crippen LogP contribution is -2.09. The van der Waals surface area contributed by atoms with Gasteiger partial charge in [-0.25, -0.2) is 0 Å². The highest BCUT2D eigenvalue weighted by Crippen LogP contribution is 2.04. The average Bonchev–Trinajstić information content (AvgIpc) is 2.44. The Bertz CT molecular complexity index is 208. The molecule has 0 heterocycles. The summed E-state index contributed by atoms with van der Waals surface area (Å²) in [7, 11) is 0. The van der Waals surface area contributed by atoms with Crippen LogP contribution in [0.1, 0.15) is 46.0 Å². The lowest BCUT2D eigenvalue weighted by Gasteiger charge is -2.06. The highest BCUT2D eigenvalue weighted by molar-refractivity contribution is 5.69. The molecule has 0 atom stereocenters. The van der Waals surface area contributed by atoms with Crippen LogP contribution in [-0.4, -0.2) is 52.2 Å². The van der Waals surface area contributed by atoms with E-state index in [1.54, 1.807) is 0 Å². The first kappa shape index (κ1) is 19.4. The van der Waals surface area contributed by atoms with Gasteiger partial charge in [0.15, 0.2) is 0 Å². The van der Waals surface area contributed by atoms with E-state index in [1.165, 1.54) is 0 Å². The molecule has 0 N–H and O–H groups in total. The molecule has 0 amide bonds. The third-order valence-corrected chi connectivity index (χ3v) is 2.67. The third-order valence-electron chi connectivity index (χ3n) is 2.67. The molecule has 0 spiro atoms. The molecule has 0 aliphatic carbocycles. The summed E-state index contributed by atoms with van der Waals surface area (Å²) in [4.78, 5) is 11.1. The van der Waals surface area contributed by atoms with Crippen LogP contribution < -0.4 is 0 Å². The van der Waals surface area contributed by atoms with E-state index < -0.39 is 0 Å². The maximum Gasteiger partial charge on any atom is 0.305 e. The lowest BCUT2D eigenvalue weighted by atomic mass is 10.1. The van der Waals surface area contributed by atoms with Crippen molar-refractivity contribution in [3.8, 4) is 0 Å². The van der Waals surface area contributed by atoms with Crippen molar-refractivity contribution >= 4 is 5.97 Å². The fraction of sp³-hybridized carbons (Fsp3) is 0.933. The number of carbonyl (C=O) groups excluding carboxylic acids is 1. The van der Waals surface area contributed by atoms with Gasteiger partial charge in [-0.2, -0.15) is 0 Å². The van der Waals surface area contributed by atoms with Gasteiger partial charge in [-0.1, -0.05) is 12.8 Å². The van der Waals surface area contributed by atoms with E-state index in [0.29, 0.717) is 39.5 Å². The Hall–Kier alpha value is -0.650. The van der Waals surface area contributed by atoms with E-state index >= 15 is 0 Å². The molecule has 0 aromatic rings. The number of esters is 1. The summed E-state index contributed by atoms with van der Waals surface area (Å²) in [6, 6.07) is 0. The highest BCUT2D eigenvalue weighted by Gasteiger charge is 2.00. The van der Waals surface area contributed by atoms with Crippen LogP contribution in [0, 0.1) is 0 Å². The van der Waals surface area contributed by atoms with Crippen LogP contribution in [0.25, 0.3) is 0 Å². The van der Waals surface area contributed by atoms with Crippen molar-refractivity contribution in [3.63, 3.8) is 0 Å². The van der Waals surface area contributed by atoms with Gasteiger partial charge < -0.3 is 18.9 Å². The maximum atomic E-state index is 11.1. The van der Waals surface area contributed by atoms with E-state index in [-0.39, 0.29) is 5.97 Å². The van der Waals surface area contributed by atoms with Crippen molar-refractivity contribution in [2.45, 2.75) is 46.0 Å². The monoisotopic (exact) mass is 290 g/mol. The molecule has 20 heavy (non-hydrogen) atoms. The van der Waals surface area contributed by atoms with Crippen molar-refractivity contribution < 1.29 is 23.7 Å². The van der Waals surface area contributed by atoms with Gasteiger partial charge in [-0.05, 0) is 26.7 Å². The molecule has 0 aliphatic heterocycles. The van der Waals surface area contributed by atoms with Gasteiger partial charge in [-0.3, -0.25) is 4.79 Å². The van der Waals surface area contributed by atoms with Gasteiger partial charge in [0.1, 0.15) is 0 Å². The Balaban J connectivity index is 3.01. The summed E-state index contributed by atoms with van der Waals surface area (Å²) in [6.07, 6.45) is 4.60. The van der Waals surface area contributed by atoms with E-state index in [1.807, 2.05) is 13.8 Å². The Morgan fingerprint density at radius 3 is 1.95 bits per heavy atom. The predicted molar refractivity (Wildman–Crippen MR) is 77.8 cm³/mol. The fourth-order valence-electron chi connectivity index (χ4n) is 1.64. The molecule has 0 saturated heterocycles. The van der Waals surface area contributed by atoms with E-state index in [4.69, 9.17) is 18.9 Å². The Labute approximate surface area is 122 Å². The first-order chi connectivity index (χ1) is 9.81. The molecular weight excluding hydrogens is 260 g/mol. The Kier molecular flexibility index (Phi) is 15.9. The van der Waals surface area contributed by atoms with E-state index in [0.717, 1.165) is 38.9 Å². The quantitative estimate of drug-likeness (QED) is 0.343. The summed E-state index contributed by atoms with van der Waals surface area (Å²) < 4.78 is 20.8. The van der Waals surface area contributed by atoms with Gasteiger partial charge in [0.25, 0.3) is 0 Å². The zero-order valence-corrected chi connectivity index (χ0v) is 13.0. The van der Waals surface area contributed by atoms with Crippen LogP contribution in [0.4, 0.5) is 0 Å². The minimum absolute atomic E-state index is 0.0899. The summed E-state index contributed by atoms with van der Waals surface area (Å²) in [5.41, 5.74) is 0. The summed E-state index contributed by atoms with van der Waals surface area (Å²) in [6.45, 7) is 8.29. The smallest absolute Gasteiger partial charge is 0.305 e. The van der Waals surface area contributed by atoms with Crippen LogP contribution in [0.2, 0.25) is 0 Å². The summed E-state index contributed by atoms with van der Waals surface area (Å²) in [5, 5.41) is 0. The van der Waals surface area contributed by atoms with Gasteiger partial charge >= 0.3 is 5.97 Å². The molecule has 0 aromatic heterocycles. The van der Waals surface area contributed by atoms with Crippen LogP contribution in [0.5, 0.6) is 0 Å². The zero-order valence-electron chi connectivity index (χ0n) is 13.0. The molecule has 120 valence electrons. The lowest BCUT2D eigenvalue weighted by molar-refractivity contribution is -0.143. The molecular formula is C15H30O5. The molecule has 0 radical (unpaired) electrons. The molecule has 0 aromatic carbocycles. The van der Waals surface area contributed by atoms with Crippen LogP contribution in [0.3, 0.4) is 0 Å². The highest BCUT2D eigenvalue weighted by atomic mass is 16.5. The van der Waals surface area contributed by atoms with E-state index in [9.17, 15) is 4.79 Å². The summed E-state index contributed by atoms with van der Waals surface area (Å²) in [5.74, 6) is -0.0899. The van der Waals surface area contributed by atoms with Gasteiger partial charge in [0.05, 0.1) is 33.0 Å². The molecule has 0 unspecified atom stereocenters. The minimum Gasteiger partial charge on any atom is -0.466 e. The van der Waals surface area contributed by atoms with Gasteiger partial charge in [0, 0.05) is 19.6 Å². The molecule has 5 nitrogen and oxygen atoms in total. The molecule has 0 bridgehead atoms. The van der Waals surface area contributed by atoms with Crippen LogP contribution >= 0.6 is 0 Å². The Morgan fingerprint density at radius 1 is 0.700 bits per heavy atom. The van der Waals surface area contributed by atoms with Crippen molar-refractivity contribution in [1.29, 1.82) is 0 Å². The van der Waals surface area contributed by atoms with E-state index in [2.05, 4.69) is 0 Å². The number of ether oxygens (including phenoxy) is 4. The molecule has 0 rings (SSSR count). The predicted octanol–water partition coefficient (Wildman–Crippen LogP) is 2.57. The summed E-state index contributed by atoms with van der Waals surface area (Å²) >= 11 is 0. The topological polar surface area (TPSA) is 54.0 Å². The number of rotatable bonds is 15.